The monoisotopic (exact) mass is 298 g/mol. The summed E-state index contributed by atoms with van der Waals surface area (Å²) < 4.78 is 11.0. The molecule has 0 radical (unpaired) electrons. The molecule has 2 atom stereocenters. The molecule has 2 rings (SSSR count). The molecule has 2 heterocycles. The first-order valence-electron chi connectivity index (χ1n) is 8.91. The van der Waals surface area contributed by atoms with Gasteiger partial charge in [0.05, 0.1) is 21.3 Å². The Hall–Kier alpha value is 0.137. The van der Waals surface area contributed by atoms with Gasteiger partial charge in [-0.2, -0.15) is 0 Å². The van der Waals surface area contributed by atoms with E-state index in [1.165, 1.54) is 50.6 Å². The van der Waals surface area contributed by atoms with Crippen LogP contribution in [0, 0.1) is 0 Å². The van der Waals surface area contributed by atoms with Gasteiger partial charge < -0.3 is 9.47 Å². The van der Waals surface area contributed by atoms with Crippen LogP contribution in [0.2, 0.25) is 23.2 Å². The highest BCUT2D eigenvalue weighted by Gasteiger charge is 2.49. The van der Waals surface area contributed by atoms with Gasteiger partial charge >= 0.3 is 0 Å². The van der Waals surface area contributed by atoms with E-state index in [4.69, 9.17) is 9.47 Å². The van der Waals surface area contributed by atoms with Gasteiger partial charge in [-0.25, -0.2) is 0 Å². The highest BCUT2D eigenvalue weighted by molar-refractivity contribution is 6.82. The van der Waals surface area contributed by atoms with Crippen molar-refractivity contribution in [3.63, 3.8) is 0 Å². The number of hydrogen-bond donors (Lipinski definition) is 0. The lowest BCUT2D eigenvalue weighted by molar-refractivity contribution is 0.109. The molecule has 0 aliphatic carbocycles. The summed E-state index contributed by atoms with van der Waals surface area (Å²) >= 11 is 0. The molecule has 0 amide bonds. The molecule has 20 heavy (non-hydrogen) atoms. The number of hydrogen-bond acceptors (Lipinski definition) is 2. The summed E-state index contributed by atoms with van der Waals surface area (Å²) in [5, 5.41) is 0.716. The van der Waals surface area contributed by atoms with Crippen LogP contribution in [0.4, 0.5) is 0 Å². The summed E-state index contributed by atoms with van der Waals surface area (Å²) in [6, 6.07) is 4.58. The molecule has 3 heteroatoms. The lowest BCUT2D eigenvalue weighted by Gasteiger charge is -2.52. The Morgan fingerprint density at radius 3 is 2.55 bits per heavy atom. The van der Waals surface area contributed by atoms with Crippen molar-refractivity contribution in [1.29, 1.82) is 0 Å². The van der Waals surface area contributed by atoms with Gasteiger partial charge in [0.15, 0.2) is 0 Å². The van der Waals surface area contributed by atoms with Gasteiger partial charge in [-0.1, -0.05) is 58.2 Å². The van der Waals surface area contributed by atoms with Gasteiger partial charge in [0.1, 0.15) is 6.10 Å². The molecule has 2 aliphatic heterocycles. The van der Waals surface area contributed by atoms with Crippen LogP contribution in [0.5, 0.6) is 0 Å². The summed E-state index contributed by atoms with van der Waals surface area (Å²) in [5.74, 6) is 0. The van der Waals surface area contributed by atoms with E-state index in [1.54, 1.807) is 6.04 Å². The van der Waals surface area contributed by atoms with Crippen LogP contribution in [0.25, 0.3) is 0 Å². The molecule has 0 N–H and O–H groups in total. The summed E-state index contributed by atoms with van der Waals surface area (Å²) in [7, 11) is -1.06. The van der Waals surface area contributed by atoms with E-state index < -0.39 is 8.07 Å². The maximum atomic E-state index is 5.76. The lowest BCUT2D eigenvalue weighted by atomic mass is 9.92. The van der Waals surface area contributed by atoms with Crippen molar-refractivity contribution in [1.82, 2.24) is 0 Å². The molecule has 0 saturated carbocycles. The van der Waals surface area contributed by atoms with Crippen LogP contribution in [0.3, 0.4) is 0 Å². The van der Waals surface area contributed by atoms with Crippen molar-refractivity contribution in [2.75, 3.05) is 19.8 Å². The average Bonchev–Trinajstić information content (AvgIpc) is 3.31. The van der Waals surface area contributed by atoms with Gasteiger partial charge in [-0.15, -0.1) is 0 Å². The second-order valence-electron chi connectivity index (χ2n) is 6.96. The van der Waals surface area contributed by atoms with Crippen molar-refractivity contribution in [3.8, 4) is 0 Å². The van der Waals surface area contributed by atoms with Crippen LogP contribution in [-0.2, 0) is 9.47 Å². The predicted molar refractivity (Wildman–Crippen MR) is 88.2 cm³/mol. The van der Waals surface area contributed by atoms with Crippen LogP contribution in [0.1, 0.15) is 59.3 Å². The summed E-state index contributed by atoms with van der Waals surface area (Å²) in [4.78, 5) is 0. The van der Waals surface area contributed by atoms with E-state index in [1.807, 2.05) is 0 Å². The van der Waals surface area contributed by atoms with Crippen molar-refractivity contribution in [2.24, 2.45) is 0 Å². The maximum Gasteiger partial charge on any atom is 0.104 e. The third kappa shape index (κ3) is 3.48. The summed E-state index contributed by atoms with van der Waals surface area (Å²) in [5.41, 5.74) is 0. The number of epoxide rings is 1. The SMILES string of the molecule is CCC1(CCCOCC2CO2)CCCC[Si]1(CC)CC. The fourth-order valence-electron chi connectivity index (χ4n) is 4.82. The Bertz CT molecular complexity index is 287. The summed E-state index contributed by atoms with van der Waals surface area (Å²) in [6.45, 7) is 10.1. The Morgan fingerprint density at radius 1 is 1.20 bits per heavy atom. The minimum Gasteiger partial charge on any atom is -0.379 e. The van der Waals surface area contributed by atoms with E-state index >= 15 is 0 Å². The van der Waals surface area contributed by atoms with Crippen molar-refractivity contribution in [2.45, 2.75) is 88.6 Å². The molecule has 2 aliphatic rings. The highest BCUT2D eigenvalue weighted by atomic mass is 28.3. The third-order valence-corrected chi connectivity index (χ3v) is 13.5. The first-order chi connectivity index (χ1) is 9.72. The van der Waals surface area contributed by atoms with Gasteiger partial charge in [0.25, 0.3) is 0 Å². The smallest absolute Gasteiger partial charge is 0.104 e. The fourth-order valence-corrected chi connectivity index (χ4v) is 11.1. The van der Waals surface area contributed by atoms with E-state index in [0.29, 0.717) is 11.1 Å². The Labute approximate surface area is 126 Å². The fraction of sp³-hybridized carbons (Fsp3) is 1.00. The molecule has 2 nitrogen and oxygen atoms in total. The van der Waals surface area contributed by atoms with E-state index in [2.05, 4.69) is 20.8 Å². The van der Waals surface area contributed by atoms with Crippen LogP contribution in [0.15, 0.2) is 0 Å². The van der Waals surface area contributed by atoms with Crippen molar-refractivity contribution < 1.29 is 9.47 Å². The first kappa shape index (κ1) is 16.5. The normalized spacial score (nSPS) is 32.2. The predicted octanol–water partition coefficient (Wildman–Crippen LogP) is 5.00. The molecule has 2 saturated heterocycles. The number of ether oxygens (including phenoxy) is 2. The Balaban J connectivity index is 1.86. The quantitative estimate of drug-likeness (QED) is 0.339. The molecular formula is C17H34O2Si. The molecule has 0 spiro atoms. The lowest BCUT2D eigenvalue weighted by Crippen LogP contribution is -2.49. The van der Waals surface area contributed by atoms with Crippen LogP contribution >= 0.6 is 0 Å². The molecule has 2 fully saturated rings. The molecule has 0 aromatic carbocycles. The topological polar surface area (TPSA) is 21.8 Å². The highest BCUT2D eigenvalue weighted by Crippen LogP contribution is 2.58. The second-order valence-corrected chi connectivity index (χ2v) is 12.5. The molecule has 0 aromatic heterocycles. The van der Waals surface area contributed by atoms with E-state index in [-0.39, 0.29) is 0 Å². The van der Waals surface area contributed by atoms with E-state index in [0.717, 1.165) is 19.8 Å². The van der Waals surface area contributed by atoms with Gasteiger partial charge in [-0.05, 0) is 24.3 Å². The maximum absolute atomic E-state index is 5.76. The standard InChI is InChI=1S/C17H34O2Si/c1-4-17(11-9-12-18-14-16-15-19-16)10-7-8-13-20(17,5-2)6-3/h16H,4-15H2,1-3H3. The second kappa shape index (κ2) is 7.41. The Kier molecular flexibility index (Phi) is 6.12. The van der Waals surface area contributed by atoms with Gasteiger partial charge in [0.2, 0.25) is 0 Å². The zero-order valence-corrected chi connectivity index (χ0v) is 14.9. The molecule has 118 valence electrons. The minimum atomic E-state index is -1.06. The van der Waals surface area contributed by atoms with Crippen molar-refractivity contribution in [3.05, 3.63) is 0 Å². The zero-order chi connectivity index (χ0) is 14.5. The van der Waals surface area contributed by atoms with Crippen LogP contribution in [-0.4, -0.2) is 34.0 Å². The molecule has 0 bridgehead atoms. The molecule has 0 aromatic rings. The molecular weight excluding hydrogens is 264 g/mol. The average molecular weight is 299 g/mol. The van der Waals surface area contributed by atoms with Gasteiger partial charge in [-0.3, -0.25) is 0 Å². The van der Waals surface area contributed by atoms with Crippen LogP contribution < -0.4 is 0 Å². The zero-order valence-electron chi connectivity index (χ0n) is 13.9. The Morgan fingerprint density at radius 2 is 1.95 bits per heavy atom. The largest absolute Gasteiger partial charge is 0.379 e. The molecule has 2 unspecified atom stereocenters. The summed E-state index contributed by atoms with van der Waals surface area (Å²) in [6.07, 6.45) is 8.99. The number of rotatable bonds is 9. The minimum absolute atomic E-state index is 0.421. The third-order valence-electron chi connectivity index (χ3n) is 6.37. The van der Waals surface area contributed by atoms with Crippen molar-refractivity contribution >= 4 is 8.07 Å². The van der Waals surface area contributed by atoms with Gasteiger partial charge in [0, 0.05) is 6.61 Å². The van der Waals surface area contributed by atoms with E-state index in [9.17, 15) is 0 Å². The first-order valence-corrected chi connectivity index (χ1v) is 11.5.